The third-order valence-electron chi connectivity index (χ3n) is 5.65. The first-order valence-electron chi connectivity index (χ1n) is 11.2. The topological polar surface area (TPSA) is 86.8 Å². The Morgan fingerprint density at radius 1 is 0.892 bits per heavy atom. The van der Waals surface area contributed by atoms with Gasteiger partial charge in [-0.25, -0.2) is 8.42 Å². The van der Waals surface area contributed by atoms with Gasteiger partial charge in [0.15, 0.2) is 0 Å². The van der Waals surface area contributed by atoms with Crippen LogP contribution in [-0.4, -0.2) is 51.0 Å². The lowest BCUT2D eigenvalue weighted by Crippen LogP contribution is -2.52. The lowest BCUT2D eigenvalue weighted by molar-refractivity contribution is -0.139. The lowest BCUT2D eigenvalue weighted by Gasteiger charge is -2.33. The van der Waals surface area contributed by atoms with Crippen LogP contribution >= 0.6 is 34.8 Å². The second kappa shape index (κ2) is 12.6. The number of nitrogens with zero attached hydrogens (tertiary/aromatic N) is 2. The van der Waals surface area contributed by atoms with E-state index in [1.807, 2.05) is 30.3 Å². The summed E-state index contributed by atoms with van der Waals surface area (Å²) in [5.74, 6) is -0.967. The van der Waals surface area contributed by atoms with E-state index in [0.717, 1.165) is 16.1 Å². The Hall–Kier alpha value is -2.78. The highest BCUT2D eigenvalue weighted by molar-refractivity contribution is 7.92. The fourth-order valence-corrected chi connectivity index (χ4v) is 5.07. The molecule has 2 amide bonds. The van der Waals surface area contributed by atoms with Crippen molar-refractivity contribution in [1.82, 2.24) is 10.2 Å². The zero-order chi connectivity index (χ0) is 27.2. The van der Waals surface area contributed by atoms with E-state index >= 15 is 0 Å². The molecule has 0 heterocycles. The SMILES string of the molecule is CNC(=O)[C@H](Cc1ccccc1)N(Cc1ccc(Cl)c(Cl)c1)C(=O)CN(c1ccc(Cl)cc1)S(C)(=O)=O. The van der Waals surface area contributed by atoms with E-state index in [9.17, 15) is 18.0 Å². The number of nitrogens with one attached hydrogen (secondary N) is 1. The van der Waals surface area contributed by atoms with Crippen molar-refractivity contribution < 1.29 is 18.0 Å². The van der Waals surface area contributed by atoms with Gasteiger partial charge in [0.25, 0.3) is 0 Å². The Balaban J connectivity index is 2.03. The van der Waals surface area contributed by atoms with Crippen molar-refractivity contribution in [3.8, 4) is 0 Å². The molecule has 1 atom stereocenters. The van der Waals surface area contributed by atoms with Gasteiger partial charge in [-0.3, -0.25) is 13.9 Å². The van der Waals surface area contributed by atoms with E-state index < -0.39 is 34.4 Å². The second-order valence-electron chi connectivity index (χ2n) is 8.34. The van der Waals surface area contributed by atoms with Gasteiger partial charge in [-0.15, -0.1) is 0 Å². The number of amides is 2. The smallest absolute Gasteiger partial charge is 0.244 e. The van der Waals surface area contributed by atoms with Crippen LogP contribution in [0.4, 0.5) is 5.69 Å². The molecule has 196 valence electrons. The molecule has 3 aromatic rings. The number of hydrogen-bond acceptors (Lipinski definition) is 4. The number of likely N-dealkylation sites (N-methyl/N-ethyl adjacent to an activating group) is 1. The molecule has 7 nitrogen and oxygen atoms in total. The third kappa shape index (κ3) is 7.85. The molecular formula is C26H26Cl3N3O4S. The monoisotopic (exact) mass is 581 g/mol. The fourth-order valence-electron chi connectivity index (χ4n) is 3.78. The second-order valence-corrected chi connectivity index (χ2v) is 11.5. The van der Waals surface area contributed by atoms with Crippen molar-refractivity contribution in [2.24, 2.45) is 0 Å². The van der Waals surface area contributed by atoms with Crippen molar-refractivity contribution >= 4 is 62.3 Å². The quantitative estimate of drug-likeness (QED) is 0.372. The van der Waals surface area contributed by atoms with E-state index in [-0.39, 0.29) is 18.7 Å². The van der Waals surface area contributed by atoms with Crippen molar-refractivity contribution in [1.29, 1.82) is 0 Å². The summed E-state index contributed by atoms with van der Waals surface area (Å²) in [6, 6.07) is 19.3. The maximum absolute atomic E-state index is 13.8. The average Bonchev–Trinajstić information content (AvgIpc) is 2.86. The van der Waals surface area contributed by atoms with Crippen LogP contribution in [0.1, 0.15) is 11.1 Å². The first-order chi connectivity index (χ1) is 17.5. The Morgan fingerprint density at radius 3 is 2.11 bits per heavy atom. The number of hydrogen-bond donors (Lipinski definition) is 1. The van der Waals surface area contributed by atoms with E-state index in [1.165, 1.54) is 36.2 Å². The molecule has 1 N–H and O–H groups in total. The fraction of sp³-hybridized carbons (Fsp3) is 0.231. The summed E-state index contributed by atoms with van der Waals surface area (Å²) in [7, 11) is -2.37. The minimum atomic E-state index is -3.85. The summed E-state index contributed by atoms with van der Waals surface area (Å²) >= 11 is 18.2. The van der Waals surface area contributed by atoms with Crippen LogP contribution in [-0.2, 0) is 32.6 Å². The molecule has 0 saturated heterocycles. The molecular weight excluding hydrogens is 557 g/mol. The van der Waals surface area contributed by atoms with Crippen LogP contribution in [0.5, 0.6) is 0 Å². The summed E-state index contributed by atoms with van der Waals surface area (Å²) < 4.78 is 26.3. The first-order valence-corrected chi connectivity index (χ1v) is 14.2. The van der Waals surface area contributed by atoms with Crippen LogP contribution in [0.2, 0.25) is 15.1 Å². The van der Waals surface area contributed by atoms with Crippen molar-refractivity contribution in [2.75, 3.05) is 24.2 Å². The van der Waals surface area contributed by atoms with E-state index in [0.29, 0.717) is 20.6 Å². The van der Waals surface area contributed by atoms with Crippen LogP contribution < -0.4 is 9.62 Å². The summed E-state index contributed by atoms with van der Waals surface area (Å²) in [5, 5.41) is 3.69. The van der Waals surface area contributed by atoms with E-state index in [2.05, 4.69) is 5.32 Å². The van der Waals surface area contributed by atoms with E-state index in [4.69, 9.17) is 34.8 Å². The minimum Gasteiger partial charge on any atom is -0.357 e. The van der Waals surface area contributed by atoms with Gasteiger partial charge in [-0.1, -0.05) is 71.2 Å². The highest BCUT2D eigenvalue weighted by atomic mass is 35.5. The van der Waals surface area contributed by atoms with Crippen LogP contribution in [0.3, 0.4) is 0 Å². The highest BCUT2D eigenvalue weighted by Crippen LogP contribution is 2.25. The van der Waals surface area contributed by atoms with Gasteiger partial charge in [0, 0.05) is 25.0 Å². The van der Waals surface area contributed by atoms with Gasteiger partial charge >= 0.3 is 0 Å². The van der Waals surface area contributed by atoms with Gasteiger partial charge in [0.1, 0.15) is 12.6 Å². The molecule has 3 aromatic carbocycles. The minimum absolute atomic E-state index is 0.00113. The van der Waals surface area contributed by atoms with Crippen molar-refractivity contribution in [3.05, 3.63) is 99.0 Å². The molecule has 0 aliphatic carbocycles. The number of halogens is 3. The molecule has 0 spiro atoms. The molecule has 0 unspecified atom stereocenters. The summed E-state index contributed by atoms with van der Waals surface area (Å²) in [4.78, 5) is 28.2. The molecule has 0 aliphatic rings. The molecule has 37 heavy (non-hydrogen) atoms. The molecule has 0 radical (unpaired) electrons. The molecule has 3 rings (SSSR count). The number of rotatable bonds is 10. The first kappa shape index (κ1) is 28.8. The largest absolute Gasteiger partial charge is 0.357 e. The maximum atomic E-state index is 13.8. The number of carbonyl (C=O) groups is 2. The van der Waals surface area contributed by atoms with Gasteiger partial charge in [0.05, 0.1) is 22.0 Å². The number of sulfonamides is 1. The third-order valence-corrected chi connectivity index (χ3v) is 7.78. The Labute approximate surface area is 232 Å². The van der Waals surface area contributed by atoms with Crippen LogP contribution in [0.25, 0.3) is 0 Å². The van der Waals surface area contributed by atoms with Crippen molar-refractivity contribution in [2.45, 2.75) is 19.0 Å². The normalized spacial score (nSPS) is 12.0. The summed E-state index contributed by atoms with van der Waals surface area (Å²) in [6.45, 7) is -0.525. The van der Waals surface area contributed by atoms with Crippen molar-refractivity contribution in [3.63, 3.8) is 0 Å². The van der Waals surface area contributed by atoms with Gasteiger partial charge in [-0.2, -0.15) is 0 Å². The molecule has 0 bridgehead atoms. The number of carbonyl (C=O) groups excluding carboxylic acids is 2. The zero-order valence-electron chi connectivity index (χ0n) is 20.2. The van der Waals surface area contributed by atoms with Gasteiger partial charge in [0.2, 0.25) is 21.8 Å². The molecule has 11 heteroatoms. The Kier molecular flexibility index (Phi) is 9.84. The summed E-state index contributed by atoms with van der Waals surface area (Å²) in [6.07, 6.45) is 1.23. The Morgan fingerprint density at radius 2 is 1.54 bits per heavy atom. The molecule has 0 aliphatic heterocycles. The standard InChI is InChI=1S/C26H26Cl3N3O4S/c1-30-26(34)24(15-18-6-4-3-5-7-18)31(16-19-8-13-22(28)23(29)14-19)25(33)17-32(37(2,35)36)21-11-9-20(27)10-12-21/h3-14,24H,15-17H2,1-2H3,(H,30,34)/t24-/m0/s1. The van der Waals surface area contributed by atoms with E-state index in [1.54, 1.807) is 18.2 Å². The van der Waals surface area contributed by atoms with Gasteiger partial charge < -0.3 is 10.2 Å². The molecule has 0 aromatic heterocycles. The average molecular weight is 583 g/mol. The summed E-state index contributed by atoms with van der Waals surface area (Å²) in [5.41, 5.74) is 1.73. The maximum Gasteiger partial charge on any atom is 0.244 e. The van der Waals surface area contributed by atoms with Gasteiger partial charge in [-0.05, 0) is 47.5 Å². The van der Waals surface area contributed by atoms with Crippen LogP contribution in [0.15, 0.2) is 72.8 Å². The predicted molar refractivity (Wildman–Crippen MR) is 149 cm³/mol. The predicted octanol–water partition coefficient (Wildman–Crippen LogP) is 4.80. The highest BCUT2D eigenvalue weighted by Gasteiger charge is 2.32. The zero-order valence-corrected chi connectivity index (χ0v) is 23.3. The number of benzene rings is 3. The molecule has 0 fully saturated rings. The van der Waals surface area contributed by atoms with Crippen LogP contribution in [0, 0.1) is 0 Å². The lowest BCUT2D eigenvalue weighted by atomic mass is 10.0. The molecule has 0 saturated carbocycles. The Bertz CT molecular complexity index is 1350. The number of anilines is 1.